The monoisotopic (exact) mass is 311 g/mol. The van der Waals surface area contributed by atoms with Gasteiger partial charge in [0.2, 0.25) is 0 Å². The largest absolute Gasteiger partial charge is 0.378 e. The smallest absolute Gasteiger partial charge is 0.157 e. The molecule has 3 heterocycles. The van der Waals surface area contributed by atoms with E-state index in [1.165, 1.54) is 0 Å². The van der Waals surface area contributed by atoms with Crippen LogP contribution in [0.25, 0.3) is 5.52 Å². The zero-order valence-electron chi connectivity index (χ0n) is 13.0. The van der Waals surface area contributed by atoms with Crippen molar-refractivity contribution in [3.63, 3.8) is 0 Å². The van der Waals surface area contributed by atoms with Crippen molar-refractivity contribution in [3.05, 3.63) is 42.8 Å². The van der Waals surface area contributed by atoms with Crippen LogP contribution < -0.4 is 5.32 Å². The fourth-order valence-electron chi connectivity index (χ4n) is 3.01. The molecule has 3 aromatic rings. The highest BCUT2D eigenvalue weighted by Gasteiger charge is 2.28. The highest BCUT2D eigenvalue weighted by atomic mass is 16.5. The number of anilines is 2. The summed E-state index contributed by atoms with van der Waals surface area (Å²) in [6.07, 6.45) is 5.78. The van der Waals surface area contributed by atoms with Crippen LogP contribution >= 0.6 is 0 Å². The van der Waals surface area contributed by atoms with Crippen molar-refractivity contribution in [2.45, 2.75) is 25.4 Å². The van der Waals surface area contributed by atoms with E-state index in [2.05, 4.69) is 32.5 Å². The Labute approximate surface area is 134 Å². The number of aromatic nitrogens is 5. The van der Waals surface area contributed by atoms with E-state index in [9.17, 15) is 0 Å². The number of hydrogen-bond donors (Lipinski definition) is 2. The quantitative estimate of drug-likeness (QED) is 0.757. The highest BCUT2D eigenvalue weighted by molar-refractivity contribution is 5.72. The Kier molecular flexibility index (Phi) is 3.49. The fourth-order valence-corrected chi connectivity index (χ4v) is 3.01. The van der Waals surface area contributed by atoms with E-state index in [0.717, 1.165) is 41.4 Å². The lowest BCUT2D eigenvalue weighted by Gasteiger charge is -2.31. The summed E-state index contributed by atoms with van der Waals surface area (Å²) in [5.74, 6) is 2.61. The molecule has 23 heavy (non-hydrogen) atoms. The van der Waals surface area contributed by atoms with E-state index in [1.54, 1.807) is 17.8 Å². The Bertz CT molecular complexity index is 817. The third-order valence-corrected chi connectivity index (χ3v) is 4.25. The Hall–Kier alpha value is -2.41. The summed E-state index contributed by atoms with van der Waals surface area (Å²) in [6, 6.07) is 4.01. The van der Waals surface area contributed by atoms with Gasteiger partial charge in [0.15, 0.2) is 11.6 Å². The fraction of sp³-hybridized carbons (Fsp3) is 0.375. The van der Waals surface area contributed by atoms with Crippen molar-refractivity contribution in [1.82, 2.24) is 24.8 Å². The zero-order chi connectivity index (χ0) is 15.8. The van der Waals surface area contributed by atoms with Crippen LogP contribution in [0.2, 0.25) is 0 Å². The minimum atomic E-state index is 0.474. The molecule has 0 aliphatic heterocycles. The van der Waals surface area contributed by atoms with Crippen molar-refractivity contribution in [2.75, 3.05) is 12.4 Å². The molecule has 0 spiro atoms. The molecule has 1 fully saturated rings. The number of H-pyrrole nitrogens is 1. The summed E-state index contributed by atoms with van der Waals surface area (Å²) < 4.78 is 6.92. The first-order valence-electron chi connectivity index (χ1n) is 7.70. The molecule has 0 bridgehead atoms. The molecule has 0 atom stereocenters. The van der Waals surface area contributed by atoms with E-state index in [0.29, 0.717) is 18.4 Å². The number of fused-ring (bicyclic) bond motifs is 1. The number of hydrogen-bond acceptors (Lipinski definition) is 5. The average Bonchev–Trinajstić information content (AvgIpc) is 3.11. The molecule has 7 heteroatoms. The molecule has 1 aliphatic rings. The molecule has 3 aromatic heterocycles. The van der Waals surface area contributed by atoms with Gasteiger partial charge < -0.3 is 10.1 Å². The first-order valence-corrected chi connectivity index (χ1v) is 7.70. The third kappa shape index (κ3) is 2.68. The van der Waals surface area contributed by atoms with Gasteiger partial charge in [-0.15, -0.1) is 0 Å². The van der Waals surface area contributed by atoms with E-state index >= 15 is 0 Å². The van der Waals surface area contributed by atoms with Gasteiger partial charge in [-0.2, -0.15) is 10.2 Å². The SMILES string of the molecule is [CH2]C1CC(c2cc(Nc3nccn4nc(COC)cc34)n[nH]2)C1. The number of rotatable bonds is 5. The average molecular weight is 311 g/mol. The summed E-state index contributed by atoms with van der Waals surface area (Å²) in [5.41, 5.74) is 2.92. The Balaban J connectivity index is 1.57. The van der Waals surface area contributed by atoms with Crippen molar-refractivity contribution in [3.8, 4) is 0 Å². The van der Waals surface area contributed by atoms with Crippen molar-refractivity contribution >= 4 is 17.2 Å². The van der Waals surface area contributed by atoms with Gasteiger partial charge >= 0.3 is 0 Å². The van der Waals surface area contributed by atoms with Crippen LogP contribution in [-0.4, -0.2) is 31.9 Å². The molecular formula is C16H19N6O. The standard InChI is InChI=1S/C16H19N6O/c1-10-5-11(6-10)13-8-15(20-19-13)18-16-14-7-12(9-23-2)21-22(14)4-3-17-16/h3-4,7-8,10-11H,1,5-6,9H2,2H3,(H2,17,18,19,20). The summed E-state index contributed by atoms with van der Waals surface area (Å²) in [6.45, 7) is 4.54. The molecule has 119 valence electrons. The second-order valence-electron chi connectivity index (χ2n) is 6.04. The number of aromatic amines is 1. The Morgan fingerprint density at radius 3 is 3.09 bits per heavy atom. The van der Waals surface area contributed by atoms with Crippen molar-refractivity contribution < 1.29 is 4.74 Å². The molecule has 1 aliphatic carbocycles. The maximum Gasteiger partial charge on any atom is 0.157 e. The van der Waals surface area contributed by atoms with Gasteiger partial charge in [-0.1, -0.05) is 6.92 Å². The lowest BCUT2D eigenvalue weighted by molar-refractivity contribution is 0.181. The lowest BCUT2D eigenvalue weighted by atomic mass is 9.74. The van der Waals surface area contributed by atoms with Gasteiger partial charge in [-0.25, -0.2) is 9.50 Å². The van der Waals surface area contributed by atoms with Gasteiger partial charge in [0.25, 0.3) is 0 Å². The zero-order valence-corrected chi connectivity index (χ0v) is 13.0. The first kappa shape index (κ1) is 14.2. The van der Waals surface area contributed by atoms with E-state index in [-0.39, 0.29) is 0 Å². The molecule has 0 aromatic carbocycles. The number of methoxy groups -OCH3 is 1. The molecule has 7 nitrogen and oxygen atoms in total. The van der Waals surface area contributed by atoms with Crippen LogP contribution in [-0.2, 0) is 11.3 Å². The van der Waals surface area contributed by atoms with E-state index in [4.69, 9.17) is 4.74 Å². The maximum atomic E-state index is 5.13. The van der Waals surface area contributed by atoms with Crippen LogP contribution in [0.5, 0.6) is 0 Å². The second-order valence-corrected chi connectivity index (χ2v) is 6.04. The summed E-state index contributed by atoms with van der Waals surface area (Å²) in [7, 11) is 1.66. The number of nitrogens with one attached hydrogen (secondary N) is 2. The molecule has 4 rings (SSSR count). The molecule has 2 N–H and O–H groups in total. The second kappa shape index (κ2) is 5.66. The lowest BCUT2D eigenvalue weighted by Crippen LogP contribution is -2.19. The molecule has 0 saturated heterocycles. The number of ether oxygens (including phenoxy) is 1. The van der Waals surface area contributed by atoms with Gasteiger partial charge in [0.1, 0.15) is 5.52 Å². The highest BCUT2D eigenvalue weighted by Crippen LogP contribution is 2.40. The molecule has 0 amide bonds. The minimum absolute atomic E-state index is 0.474. The molecular weight excluding hydrogens is 292 g/mol. The van der Waals surface area contributed by atoms with Gasteiger partial charge in [0, 0.05) is 37.2 Å². The van der Waals surface area contributed by atoms with Crippen molar-refractivity contribution in [2.24, 2.45) is 5.92 Å². The number of nitrogens with zero attached hydrogens (tertiary/aromatic N) is 4. The van der Waals surface area contributed by atoms with E-state index < -0.39 is 0 Å². The summed E-state index contributed by atoms with van der Waals surface area (Å²) in [5, 5.41) is 15.2. The third-order valence-electron chi connectivity index (χ3n) is 4.25. The van der Waals surface area contributed by atoms with Gasteiger partial charge in [-0.3, -0.25) is 5.10 Å². The van der Waals surface area contributed by atoms with Crippen LogP contribution in [0, 0.1) is 12.8 Å². The van der Waals surface area contributed by atoms with Crippen LogP contribution in [0.4, 0.5) is 11.6 Å². The predicted octanol–water partition coefficient (Wildman–Crippen LogP) is 2.67. The Morgan fingerprint density at radius 2 is 2.30 bits per heavy atom. The van der Waals surface area contributed by atoms with Gasteiger partial charge in [0.05, 0.1) is 12.3 Å². The predicted molar refractivity (Wildman–Crippen MR) is 86.4 cm³/mol. The molecule has 1 saturated carbocycles. The first-order chi connectivity index (χ1) is 11.2. The topological polar surface area (TPSA) is 80.1 Å². The summed E-state index contributed by atoms with van der Waals surface area (Å²) in [4.78, 5) is 4.40. The van der Waals surface area contributed by atoms with Crippen LogP contribution in [0.3, 0.4) is 0 Å². The summed E-state index contributed by atoms with van der Waals surface area (Å²) >= 11 is 0. The van der Waals surface area contributed by atoms with Gasteiger partial charge in [-0.05, 0) is 24.8 Å². The molecule has 0 unspecified atom stereocenters. The van der Waals surface area contributed by atoms with Crippen LogP contribution in [0.15, 0.2) is 24.5 Å². The maximum absolute atomic E-state index is 5.13. The Morgan fingerprint density at radius 1 is 1.43 bits per heavy atom. The normalized spacial score (nSPS) is 20.6. The van der Waals surface area contributed by atoms with Crippen LogP contribution in [0.1, 0.15) is 30.1 Å². The van der Waals surface area contributed by atoms with Crippen molar-refractivity contribution in [1.29, 1.82) is 0 Å². The molecule has 1 radical (unpaired) electrons. The van der Waals surface area contributed by atoms with E-state index in [1.807, 2.05) is 18.3 Å². The minimum Gasteiger partial charge on any atom is -0.378 e.